The number of likely N-dealkylation sites (tertiary alicyclic amines) is 1. The zero-order valence-electron chi connectivity index (χ0n) is 16.5. The molecule has 0 saturated carbocycles. The van der Waals surface area contributed by atoms with Gasteiger partial charge in [-0.3, -0.25) is 4.90 Å². The molecule has 2 fully saturated rings. The number of aromatic nitrogens is 3. The topological polar surface area (TPSA) is 72.1 Å². The molecule has 0 radical (unpaired) electrons. The number of hydrogen-bond donors (Lipinski definition) is 1. The van der Waals surface area contributed by atoms with Crippen LogP contribution in [0.25, 0.3) is 4.96 Å². The Balaban J connectivity index is 1.54. The summed E-state index contributed by atoms with van der Waals surface area (Å²) in [4.78, 5) is 8.32. The van der Waals surface area contributed by atoms with Gasteiger partial charge in [0.25, 0.3) is 0 Å². The smallest absolute Gasteiger partial charge is 0.230 e. The second kappa shape index (κ2) is 7.93. The van der Waals surface area contributed by atoms with Crippen molar-refractivity contribution in [1.29, 1.82) is 0 Å². The van der Waals surface area contributed by atoms with Crippen molar-refractivity contribution in [2.24, 2.45) is 0 Å². The van der Waals surface area contributed by atoms with E-state index in [0.29, 0.717) is 40.5 Å². The Morgan fingerprint density at radius 2 is 1.93 bits per heavy atom. The minimum atomic E-state index is -0.470. The maximum atomic E-state index is 11.0. The Bertz CT molecular complexity index is 1070. The molecule has 3 aromatic rings. The highest BCUT2D eigenvalue weighted by Crippen LogP contribution is 2.43. The summed E-state index contributed by atoms with van der Waals surface area (Å²) in [5, 5.41) is 16.4. The molecular weight excluding hydrogens is 447 g/mol. The number of nitrogens with zero attached hydrogens (tertiary/aromatic N) is 4. The van der Waals surface area contributed by atoms with Crippen molar-refractivity contribution in [3.05, 3.63) is 44.5 Å². The molecule has 160 valence electrons. The molecule has 0 aliphatic carbocycles. The lowest BCUT2D eigenvalue weighted by Gasteiger charge is -2.41. The summed E-state index contributed by atoms with van der Waals surface area (Å²) in [7, 11) is 0. The molecule has 1 atom stereocenters. The summed E-state index contributed by atoms with van der Waals surface area (Å²) in [5.41, 5.74) is 0.962. The van der Waals surface area contributed by atoms with Crippen LogP contribution in [0.15, 0.2) is 18.2 Å². The van der Waals surface area contributed by atoms with Crippen molar-refractivity contribution in [2.75, 3.05) is 26.3 Å². The Kier molecular flexibility index (Phi) is 5.41. The van der Waals surface area contributed by atoms with E-state index in [1.165, 1.54) is 15.9 Å². The molecule has 2 aromatic heterocycles. The predicted octanol–water partition coefficient (Wildman–Crippen LogP) is 4.29. The number of halogens is 2. The van der Waals surface area contributed by atoms with Crippen LogP contribution in [0, 0.1) is 0 Å². The first-order valence-corrected chi connectivity index (χ1v) is 11.6. The molecule has 1 unspecified atom stereocenters. The zero-order valence-corrected chi connectivity index (χ0v) is 18.8. The number of rotatable bonds is 4. The van der Waals surface area contributed by atoms with Crippen LogP contribution in [0.3, 0.4) is 0 Å². The van der Waals surface area contributed by atoms with Gasteiger partial charge in [-0.2, -0.15) is 4.52 Å². The van der Waals surface area contributed by atoms with Gasteiger partial charge < -0.3 is 14.6 Å². The van der Waals surface area contributed by atoms with E-state index in [1.807, 2.05) is 19.1 Å². The molecule has 0 bridgehead atoms. The van der Waals surface area contributed by atoms with Crippen LogP contribution >= 0.6 is 34.5 Å². The predicted molar refractivity (Wildman–Crippen MR) is 116 cm³/mol. The lowest BCUT2D eigenvalue weighted by molar-refractivity contribution is -0.187. The van der Waals surface area contributed by atoms with Gasteiger partial charge in [0.05, 0.1) is 34.2 Å². The average Bonchev–Trinajstić information content (AvgIpc) is 3.44. The molecule has 1 spiro atoms. The molecule has 2 aliphatic rings. The van der Waals surface area contributed by atoms with Crippen LogP contribution in [0.2, 0.25) is 10.0 Å². The van der Waals surface area contributed by atoms with Crippen molar-refractivity contribution in [3.8, 4) is 5.88 Å². The molecule has 5 rings (SSSR count). The van der Waals surface area contributed by atoms with Gasteiger partial charge in [-0.1, -0.05) is 47.5 Å². The SMILES string of the molecule is CCc1nc2sc(C(c3ccc(Cl)c(Cl)c3)N3CCC4(CC3)OCCO4)c(O)n2n1. The number of aromatic hydroxyl groups is 1. The Morgan fingerprint density at radius 1 is 1.20 bits per heavy atom. The van der Waals surface area contributed by atoms with E-state index < -0.39 is 5.79 Å². The average molecular weight is 469 g/mol. The third-order valence-electron chi connectivity index (χ3n) is 5.81. The Hall–Kier alpha value is -1.42. The van der Waals surface area contributed by atoms with Crippen LogP contribution in [-0.2, 0) is 15.9 Å². The maximum Gasteiger partial charge on any atom is 0.230 e. The normalized spacial score (nSPS) is 20.4. The molecule has 30 heavy (non-hydrogen) atoms. The van der Waals surface area contributed by atoms with E-state index in [1.54, 1.807) is 6.07 Å². The fourth-order valence-corrected chi connectivity index (χ4v) is 5.68. The highest BCUT2D eigenvalue weighted by Gasteiger charge is 2.42. The van der Waals surface area contributed by atoms with Gasteiger partial charge in [0.2, 0.25) is 10.8 Å². The minimum Gasteiger partial charge on any atom is -0.492 e. The monoisotopic (exact) mass is 468 g/mol. The van der Waals surface area contributed by atoms with E-state index in [2.05, 4.69) is 15.0 Å². The van der Waals surface area contributed by atoms with Gasteiger partial charge in [-0.15, -0.1) is 5.10 Å². The van der Waals surface area contributed by atoms with Crippen LogP contribution in [-0.4, -0.2) is 56.7 Å². The summed E-state index contributed by atoms with van der Waals surface area (Å²) < 4.78 is 13.3. The molecule has 2 aliphatic heterocycles. The van der Waals surface area contributed by atoms with Crippen LogP contribution < -0.4 is 0 Å². The van der Waals surface area contributed by atoms with Crippen molar-refractivity contribution < 1.29 is 14.6 Å². The third-order valence-corrected chi connectivity index (χ3v) is 7.62. The zero-order chi connectivity index (χ0) is 20.9. The molecule has 7 nitrogen and oxygen atoms in total. The summed E-state index contributed by atoms with van der Waals surface area (Å²) in [5.74, 6) is 0.360. The van der Waals surface area contributed by atoms with Crippen LogP contribution in [0.4, 0.5) is 0 Å². The van der Waals surface area contributed by atoms with Gasteiger partial charge in [0.15, 0.2) is 11.6 Å². The molecule has 1 aromatic carbocycles. The fraction of sp³-hybridized carbons (Fsp3) is 0.500. The number of ether oxygens (including phenoxy) is 2. The van der Waals surface area contributed by atoms with Crippen molar-refractivity contribution >= 4 is 39.5 Å². The van der Waals surface area contributed by atoms with E-state index >= 15 is 0 Å². The number of fused-ring (bicyclic) bond motifs is 1. The molecule has 4 heterocycles. The molecule has 0 amide bonds. The van der Waals surface area contributed by atoms with Crippen molar-refractivity contribution in [3.63, 3.8) is 0 Å². The number of aryl methyl sites for hydroxylation is 1. The van der Waals surface area contributed by atoms with Gasteiger partial charge >= 0.3 is 0 Å². The van der Waals surface area contributed by atoms with E-state index in [9.17, 15) is 5.11 Å². The summed E-state index contributed by atoms with van der Waals surface area (Å²) >= 11 is 14.0. The molecule has 2 saturated heterocycles. The quantitative estimate of drug-likeness (QED) is 0.615. The summed E-state index contributed by atoms with van der Waals surface area (Å²) in [6, 6.07) is 5.42. The number of benzene rings is 1. The lowest BCUT2D eigenvalue weighted by atomic mass is 9.97. The first-order valence-electron chi connectivity index (χ1n) is 10.0. The summed E-state index contributed by atoms with van der Waals surface area (Å²) in [6.07, 6.45) is 2.26. The number of piperidine rings is 1. The largest absolute Gasteiger partial charge is 0.492 e. The second-order valence-corrected chi connectivity index (χ2v) is 9.41. The first kappa shape index (κ1) is 20.5. The standard InChI is InChI=1S/C20H22Cl2N4O3S/c1-2-15-23-19-26(24-15)18(27)17(30-19)16(12-3-4-13(21)14(22)11-12)25-7-5-20(6-8-25)28-9-10-29-20/h3-4,11,16,27H,2,5-10H2,1H3. The van der Waals surface area contributed by atoms with E-state index in [-0.39, 0.29) is 11.9 Å². The van der Waals surface area contributed by atoms with Crippen LogP contribution in [0.1, 0.15) is 42.1 Å². The van der Waals surface area contributed by atoms with Crippen molar-refractivity contribution in [1.82, 2.24) is 19.5 Å². The lowest BCUT2D eigenvalue weighted by Crippen LogP contribution is -2.46. The van der Waals surface area contributed by atoms with Gasteiger partial charge in [0, 0.05) is 32.4 Å². The van der Waals surface area contributed by atoms with E-state index in [0.717, 1.165) is 36.4 Å². The Morgan fingerprint density at radius 3 is 2.57 bits per heavy atom. The minimum absolute atomic E-state index is 0.118. The molecule has 10 heteroatoms. The molecular formula is C20H22Cl2N4O3S. The highest BCUT2D eigenvalue weighted by molar-refractivity contribution is 7.17. The van der Waals surface area contributed by atoms with Gasteiger partial charge in [-0.25, -0.2) is 4.98 Å². The number of thiazole rings is 1. The van der Waals surface area contributed by atoms with Crippen molar-refractivity contribution in [2.45, 2.75) is 38.0 Å². The maximum absolute atomic E-state index is 11.0. The highest BCUT2D eigenvalue weighted by atomic mass is 35.5. The molecule has 1 N–H and O–H groups in total. The van der Waals surface area contributed by atoms with E-state index in [4.69, 9.17) is 32.7 Å². The fourth-order valence-electron chi connectivity index (χ4n) is 4.24. The first-order chi connectivity index (χ1) is 14.5. The third kappa shape index (κ3) is 3.49. The summed E-state index contributed by atoms with van der Waals surface area (Å²) in [6.45, 7) is 4.80. The second-order valence-electron chi connectivity index (χ2n) is 7.59. The number of hydrogen-bond acceptors (Lipinski definition) is 7. The van der Waals surface area contributed by atoms with Gasteiger partial charge in [0.1, 0.15) is 0 Å². The van der Waals surface area contributed by atoms with Crippen LogP contribution in [0.5, 0.6) is 5.88 Å². The Labute approximate surface area is 188 Å². The van der Waals surface area contributed by atoms with Gasteiger partial charge in [-0.05, 0) is 17.7 Å².